The highest BCUT2D eigenvalue weighted by Crippen LogP contribution is 2.02. The number of hydrogen-bond acceptors (Lipinski definition) is 1. The van der Waals surface area contributed by atoms with Gasteiger partial charge in [0.25, 0.3) is 0 Å². The van der Waals surface area contributed by atoms with E-state index in [2.05, 4.69) is 6.92 Å². The smallest absolute Gasteiger partial charge is 0.245 e. The van der Waals surface area contributed by atoms with Crippen molar-refractivity contribution >= 4 is 5.91 Å². The van der Waals surface area contributed by atoms with Gasteiger partial charge in [0.05, 0.1) is 0 Å². The maximum Gasteiger partial charge on any atom is 0.245 e. The molecule has 0 atom stereocenters. The predicted molar refractivity (Wildman–Crippen MR) is 56.6 cm³/mol. The van der Waals surface area contributed by atoms with E-state index in [9.17, 15) is 4.79 Å². The molecule has 0 rings (SSSR count). The molecule has 0 heterocycles. The van der Waals surface area contributed by atoms with Crippen LogP contribution in [0.3, 0.4) is 0 Å². The van der Waals surface area contributed by atoms with Crippen molar-refractivity contribution in [2.24, 2.45) is 0 Å². The number of nitrogens with zero attached hydrogens (tertiary/aromatic N) is 1. The highest BCUT2D eigenvalue weighted by Gasteiger charge is 1.95. The molecule has 0 fully saturated rings. The highest BCUT2D eigenvalue weighted by atomic mass is 16.2. The minimum absolute atomic E-state index is 0.0792. The van der Waals surface area contributed by atoms with Gasteiger partial charge in [-0.25, -0.2) is 0 Å². The summed E-state index contributed by atoms with van der Waals surface area (Å²) in [5.74, 6) is 0.0792. The van der Waals surface area contributed by atoms with E-state index in [4.69, 9.17) is 0 Å². The van der Waals surface area contributed by atoms with Gasteiger partial charge in [-0.15, -0.1) is 0 Å². The van der Waals surface area contributed by atoms with Crippen LogP contribution in [0.1, 0.15) is 39.0 Å². The average Bonchev–Trinajstić information content (AvgIpc) is 2.10. The van der Waals surface area contributed by atoms with Gasteiger partial charge in [-0.3, -0.25) is 4.79 Å². The number of amides is 1. The van der Waals surface area contributed by atoms with Crippen LogP contribution < -0.4 is 0 Å². The van der Waals surface area contributed by atoms with Crippen molar-refractivity contribution in [3.8, 4) is 0 Å². The Labute approximate surface area is 81.6 Å². The molecule has 0 unspecified atom stereocenters. The van der Waals surface area contributed by atoms with E-state index < -0.39 is 0 Å². The number of unbranched alkanes of at least 4 members (excludes halogenated alkanes) is 4. The first-order valence-electron chi connectivity index (χ1n) is 5.06. The summed E-state index contributed by atoms with van der Waals surface area (Å²) in [5, 5.41) is 0. The topological polar surface area (TPSA) is 20.3 Å². The summed E-state index contributed by atoms with van der Waals surface area (Å²) in [6, 6.07) is 0. The molecule has 0 aromatic rings. The largest absolute Gasteiger partial charge is 0.345 e. The fourth-order valence-electron chi connectivity index (χ4n) is 1.02. The molecule has 0 spiro atoms. The second-order valence-electron chi connectivity index (χ2n) is 3.48. The molecule has 2 nitrogen and oxygen atoms in total. The number of carbonyl (C=O) groups is 1. The molecule has 0 aliphatic rings. The second-order valence-corrected chi connectivity index (χ2v) is 3.48. The molecule has 0 bridgehead atoms. The summed E-state index contributed by atoms with van der Waals surface area (Å²) in [6.45, 7) is 2.20. The van der Waals surface area contributed by atoms with E-state index in [0.29, 0.717) is 0 Å². The molecule has 0 aromatic carbocycles. The van der Waals surface area contributed by atoms with Crippen molar-refractivity contribution in [3.05, 3.63) is 12.2 Å². The molecular weight excluding hydrogens is 162 g/mol. The number of hydrogen-bond donors (Lipinski definition) is 0. The van der Waals surface area contributed by atoms with Crippen molar-refractivity contribution in [2.75, 3.05) is 14.1 Å². The SMILES string of the molecule is CCCCCCC=CC(=O)N(C)C. The van der Waals surface area contributed by atoms with Gasteiger partial charge in [-0.1, -0.05) is 32.3 Å². The van der Waals surface area contributed by atoms with E-state index in [1.54, 1.807) is 25.1 Å². The van der Waals surface area contributed by atoms with Gasteiger partial charge in [0.1, 0.15) is 0 Å². The Hall–Kier alpha value is -0.790. The van der Waals surface area contributed by atoms with Crippen LogP contribution in [0.5, 0.6) is 0 Å². The summed E-state index contributed by atoms with van der Waals surface area (Å²) >= 11 is 0. The maximum absolute atomic E-state index is 11.1. The zero-order chi connectivity index (χ0) is 10.1. The van der Waals surface area contributed by atoms with Crippen LogP contribution in [-0.4, -0.2) is 24.9 Å². The van der Waals surface area contributed by atoms with Gasteiger partial charge in [0.2, 0.25) is 5.91 Å². The molecule has 0 aliphatic carbocycles. The summed E-state index contributed by atoms with van der Waals surface area (Å²) in [7, 11) is 3.54. The van der Waals surface area contributed by atoms with Gasteiger partial charge < -0.3 is 4.90 Å². The Morgan fingerprint density at radius 1 is 1.23 bits per heavy atom. The molecule has 0 radical (unpaired) electrons. The van der Waals surface area contributed by atoms with E-state index in [-0.39, 0.29) is 5.91 Å². The summed E-state index contributed by atoms with van der Waals surface area (Å²) in [6.07, 6.45) is 9.70. The first kappa shape index (κ1) is 12.2. The van der Waals surface area contributed by atoms with E-state index in [1.807, 2.05) is 6.08 Å². The highest BCUT2D eigenvalue weighted by molar-refractivity contribution is 5.86. The van der Waals surface area contributed by atoms with Gasteiger partial charge in [0, 0.05) is 14.1 Å². The van der Waals surface area contributed by atoms with Crippen molar-refractivity contribution in [3.63, 3.8) is 0 Å². The van der Waals surface area contributed by atoms with Crippen molar-refractivity contribution in [1.29, 1.82) is 0 Å². The molecular formula is C11H21NO. The average molecular weight is 183 g/mol. The van der Waals surface area contributed by atoms with Crippen LogP contribution >= 0.6 is 0 Å². The lowest BCUT2D eigenvalue weighted by Gasteiger charge is -2.04. The number of allylic oxidation sites excluding steroid dienone is 1. The third-order valence-corrected chi connectivity index (χ3v) is 1.93. The predicted octanol–water partition coefficient (Wildman–Crippen LogP) is 2.60. The Morgan fingerprint density at radius 2 is 1.92 bits per heavy atom. The Bertz CT molecular complexity index is 161. The Morgan fingerprint density at radius 3 is 2.46 bits per heavy atom. The number of likely N-dealkylation sites (N-methyl/N-ethyl adjacent to an activating group) is 1. The second kappa shape index (κ2) is 7.84. The first-order valence-corrected chi connectivity index (χ1v) is 5.06. The summed E-state index contributed by atoms with van der Waals surface area (Å²) in [5.41, 5.74) is 0. The number of rotatable bonds is 6. The quantitative estimate of drug-likeness (QED) is 0.458. The van der Waals surface area contributed by atoms with Crippen LogP contribution in [0.2, 0.25) is 0 Å². The molecule has 1 amide bonds. The molecule has 0 saturated heterocycles. The van der Waals surface area contributed by atoms with Crippen molar-refractivity contribution in [2.45, 2.75) is 39.0 Å². The molecule has 76 valence electrons. The maximum atomic E-state index is 11.1. The minimum Gasteiger partial charge on any atom is -0.345 e. The fraction of sp³-hybridized carbons (Fsp3) is 0.727. The molecule has 0 N–H and O–H groups in total. The van der Waals surface area contributed by atoms with Crippen molar-refractivity contribution in [1.82, 2.24) is 4.90 Å². The molecule has 0 aliphatic heterocycles. The van der Waals surface area contributed by atoms with Crippen LogP contribution in [0.25, 0.3) is 0 Å². The number of carbonyl (C=O) groups excluding carboxylic acids is 1. The Balaban J connectivity index is 3.36. The van der Waals surface area contributed by atoms with E-state index >= 15 is 0 Å². The standard InChI is InChI=1S/C11H21NO/c1-4-5-6-7-8-9-10-11(13)12(2)3/h9-10H,4-8H2,1-3H3. The normalized spacial score (nSPS) is 10.7. The lowest BCUT2D eigenvalue weighted by atomic mass is 10.1. The zero-order valence-electron chi connectivity index (χ0n) is 9.05. The monoisotopic (exact) mass is 183 g/mol. The first-order chi connectivity index (χ1) is 6.18. The molecule has 13 heavy (non-hydrogen) atoms. The third-order valence-electron chi connectivity index (χ3n) is 1.93. The van der Waals surface area contributed by atoms with Crippen LogP contribution in [0, 0.1) is 0 Å². The Kier molecular flexibility index (Phi) is 7.36. The van der Waals surface area contributed by atoms with Crippen LogP contribution in [0.15, 0.2) is 12.2 Å². The minimum atomic E-state index is 0.0792. The summed E-state index contributed by atoms with van der Waals surface area (Å²) < 4.78 is 0. The lowest BCUT2D eigenvalue weighted by molar-refractivity contribution is -0.123. The van der Waals surface area contributed by atoms with Crippen LogP contribution in [-0.2, 0) is 4.79 Å². The van der Waals surface area contributed by atoms with Gasteiger partial charge in [-0.2, -0.15) is 0 Å². The van der Waals surface area contributed by atoms with Crippen molar-refractivity contribution < 1.29 is 4.79 Å². The summed E-state index contributed by atoms with van der Waals surface area (Å²) in [4.78, 5) is 12.7. The molecule has 2 heteroatoms. The van der Waals surface area contributed by atoms with Crippen LogP contribution in [0.4, 0.5) is 0 Å². The zero-order valence-corrected chi connectivity index (χ0v) is 9.05. The fourth-order valence-corrected chi connectivity index (χ4v) is 1.02. The van der Waals surface area contributed by atoms with Gasteiger partial charge in [-0.05, 0) is 18.9 Å². The third kappa shape index (κ3) is 7.57. The van der Waals surface area contributed by atoms with Gasteiger partial charge in [0.15, 0.2) is 0 Å². The lowest BCUT2D eigenvalue weighted by Crippen LogP contribution is -2.18. The van der Waals surface area contributed by atoms with Gasteiger partial charge >= 0.3 is 0 Å². The van der Waals surface area contributed by atoms with E-state index in [1.165, 1.54) is 25.7 Å². The molecule has 0 aromatic heterocycles. The van der Waals surface area contributed by atoms with E-state index in [0.717, 1.165) is 6.42 Å². The molecule has 0 saturated carbocycles.